The summed E-state index contributed by atoms with van der Waals surface area (Å²) in [7, 11) is 5.31. The fourth-order valence-electron chi connectivity index (χ4n) is 9.74. The molecule has 0 amide bonds. The summed E-state index contributed by atoms with van der Waals surface area (Å²) in [6, 6.07) is 10.4. The van der Waals surface area contributed by atoms with Gasteiger partial charge in [0.05, 0.1) is 52.6 Å². The van der Waals surface area contributed by atoms with Gasteiger partial charge in [0.15, 0.2) is 24.6 Å². The molecule has 1 aromatic carbocycles. The Morgan fingerprint density at radius 1 is 0.985 bits per heavy atom. The second kappa shape index (κ2) is 21.6. The zero-order chi connectivity index (χ0) is 47.9. The molecule has 14 atom stereocenters. The summed E-state index contributed by atoms with van der Waals surface area (Å²) in [6.07, 6.45) is -2.01. The van der Waals surface area contributed by atoms with Gasteiger partial charge in [0.1, 0.15) is 18.3 Å². The molecule has 358 valence electrons. The maximum Gasteiger partial charge on any atom is 0.509 e. The first kappa shape index (κ1) is 50.2. The van der Waals surface area contributed by atoms with Gasteiger partial charge in [-0.3, -0.25) is 24.5 Å². The van der Waals surface area contributed by atoms with Crippen molar-refractivity contribution in [1.82, 2.24) is 19.9 Å². The number of rotatable bonds is 10. The number of likely N-dealkylation sites (N-methyl/N-ethyl adjacent to an activating group) is 1. The maximum absolute atomic E-state index is 14.6. The summed E-state index contributed by atoms with van der Waals surface area (Å²) in [6.45, 7) is 14.4. The largest absolute Gasteiger partial charge is 0.509 e. The molecule has 0 aliphatic carbocycles. The molecule has 3 fully saturated rings. The molecule has 0 radical (unpaired) electrons. The quantitative estimate of drug-likeness (QED) is 0.0855. The van der Waals surface area contributed by atoms with Gasteiger partial charge in [-0.1, -0.05) is 50.8 Å². The third-order valence-electron chi connectivity index (χ3n) is 13.3. The van der Waals surface area contributed by atoms with Crippen LogP contribution < -0.4 is 0 Å². The molecule has 3 aliphatic rings. The van der Waals surface area contributed by atoms with Crippen LogP contribution in [0.4, 0.5) is 4.79 Å². The van der Waals surface area contributed by atoms with E-state index in [4.69, 9.17) is 43.2 Å². The molecule has 0 bridgehead atoms. The highest BCUT2D eigenvalue weighted by atomic mass is 16.8. The molecule has 5 heterocycles. The van der Waals surface area contributed by atoms with Crippen molar-refractivity contribution in [1.29, 1.82) is 0 Å². The second-order valence-electron chi connectivity index (χ2n) is 18.4. The van der Waals surface area contributed by atoms with Crippen molar-refractivity contribution >= 4 is 34.8 Å². The molecule has 6 rings (SSSR count). The molecule has 0 unspecified atom stereocenters. The molecule has 0 saturated carbocycles. The normalized spacial score (nSPS) is 34.8. The molecule has 1 N–H and O–H groups in total. The first-order valence-corrected chi connectivity index (χ1v) is 22.7. The van der Waals surface area contributed by atoms with E-state index in [1.165, 1.54) is 0 Å². The number of fused-ring (bicyclic) bond motifs is 2. The first-order valence-electron chi connectivity index (χ1n) is 22.7. The van der Waals surface area contributed by atoms with E-state index in [9.17, 15) is 19.5 Å². The van der Waals surface area contributed by atoms with Crippen molar-refractivity contribution in [2.24, 2.45) is 28.8 Å². The lowest BCUT2D eigenvalue weighted by Crippen LogP contribution is -2.60. The van der Waals surface area contributed by atoms with Crippen LogP contribution in [-0.2, 0) is 54.0 Å². The topological polar surface area (TPSA) is 200 Å². The summed E-state index contributed by atoms with van der Waals surface area (Å²) in [5, 5.41) is 16.5. The number of benzene rings is 1. The smallest absolute Gasteiger partial charge is 0.461 e. The third kappa shape index (κ3) is 11.3. The Labute approximate surface area is 387 Å². The summed E-state index contributed by atoms with van der Waals surface area (Å²) in [4.78, 5) is 62.5. The van der Waals surface area contributed by atoms with E-state index in [0.29, 0.717) is 28.9 Å². The van der Waals surface area contributed by atoms with E-state index in [-0.39, 0.29) is 38.0 Å². The third-order valence-corrected chi connectivity index (χ3v) is 13.3. The van der Waals surface area contributed by atoms with E-state index >= 15 is 0 Å². The van der Waals surface area contributed by atoms with Crippen LogP contribution in [0.2, 0.25) is 0 Å². The number of esters is 2. The Bertz CT molecular complexity index is 2250. The molecule has 2 aromatic heterocycles. The first-order chi connectivity index (χ1) is 31.4. The van der Waals surface area contributed by atoms with Crippen LogP contribution in [0.15, 0.2) is 60.1 Å². The Balaban J connectivity index is 1.43. The fourth-order valence-corrected chi connectivity index (χ4v) is 9.74. The van der Waals surface area contributed by atoms with E-state index in [2.05, 4.69) is 26.8 Å². The lowest BCUT2D eigenvalue weighted by Gasteiger charge is -2.48. The number of carbonyl (C=O) groups excluding carboxylic acids is 3. The molecular weight excluding hydrogens is 851 g/mol. The van der Waals surface area contributed by atoms with Crippen molar-refractivity contribution in [3.63, 3.8) is 0 Å². The summed E-state index contributed by atoms with van der Waals surface area (Å²) >= 11 is 0. The molecule has 17 heteroatoms. The zero-order valence-electron chi connectivity index (χ0n) is 39.8. The lowest BCUT2D eigenvalue weighted by atomic mass is 9.73. The van der Waals surface area contributed by atoms with Gasteiger partial charge in [-0.15, -0.1) is 0 Å². The van der Waals surface area contributed by atoms with Gasteiger partial charge < -0.3 is 48.0 Å². The average Bonchev–Trinajstić information content (AvgIpc) is 3.61. The Morgan fingerprint density at radius 2 is 1.73 bits per heavy atom. The number of hydrogen-bond donors (Lipinski definition) is 1. The summed E-state index contributed by atoms with van der Waals surface area (Å²) in [5.74, 6) is 1.70. The SMILES string of the molecule is CC[C@H]1OC(=O)[C@H](C)[C@@H](OC(=O)Cc2ccccn2)[C@H](C)[C@@H](O[C@@H]2O[C@H](C)C[C@H](N(C)C)[C@H]2O)[C@](C)(OC)C[C@@H](C)/C(=N\OCC#Cc2ccc3nccnc3c2)[C@H](C)[C@H]2OC(=O)O[C@@]21C. The van der Waals surface area contributed by atoms with Crippen LogP contribution in [-0.4, -0.2) is 137 Å². The van der Waals surface area contributed by atoms with Gasteiger partial charge >= 0.3 is 18.1 Å². The number of ether oxygens (including phenoxy) is 7. The number of aromatic nitrogens is 3. The number of cyclic esters (lactones) is 1. The lowest BCUT2D eigenvalue weighted by molar-refractivity contribution is -0.301. The molecular formula is C49H65N5O12. The molecule has 17 nitrogen and oxygen atoms in total. The van der Waals surface area contributed by atoms with Gasteiger partial charge in [0, 0.05) is 55.1 Å². The highest BCUT2D eigenvalue weighted by molar-refractivity contribution is 5.89. The van der Waals surface area contributed by atoms with E-state index in [1.807, 2.05) is 78.7 Å². The van der Waals surface area contributed by atoms with Gasteiger partial charge in [-0.05, 0) is 91.4 Å². The number of aliphatic hydroxyl groups is 1. The van der Waals surface area contributed by atoms with Crippen molar-refractivity contribution in [2.75, 3.05) is 27.8 Å². The van der Waals surface area contributed by atoms with E-state index < -0.39 is 89.8 Å². The maximum atomic E-state index is 14.6. The minimum absolute atomic E-state index is 0.0925. The van der Waals surface area contributed by atoms with Crippen molar-refractivity contribution < 1.29 is 57.5 Å². The van der Waals surface area contributed by atoms with Gasteiger partial charge in [0.2, 0.25) is 0 Å². The Kier molecular flexibility index (Phi) is 16.4. The minimum Gasteiger partial charge on any atom is -0.461 e. The van der Waals surface area contributed by atoms with Crippen LogP contribution in [0, 0.1) is 35.5 Å². The van der Waals surface area contributed by atoms with Crippen LogP contribution >= 0.6 is 0 Å². The Hall–Kier alpha value is -5.25. The second-order valence-corrected chi connectivity index (χ2v) is 18.4. The zero-order valence-corrected chi connectivity index (χ0v) is 39.8. The number of aliphatic hydroxyl groups excluding tert-OH is 1. The molecule has 3 aliphatic heterocycles. The number of methoxy groups -OCH3 is 1. The molecule has 3 aromatic rings. The van der Waals surface area contributed by atoms with Crippen molar-refractivity contribution in [2.45, 2.75) is 141 Å². The molecule has 3 saturated heterocycles. The van der Waals surface area contributed by atoms with Crippen molar-refractivity contribution in [3.05, 3.63) is 66.2 Å². The van der Waals surface area contributed by atoms with Crippen LogP contribution in [0.25, 0.3) is 11.0 Å². The van der Waals surface area contributed by atoms with Crippen molar-refractivity contribution in [3.8, 4) is 11.8 Å². The predicted octanol–water partition coefficient (Wildman–Crippen LogP) is 5.68. The van der Waals surface area contributed by atoms with Crippen LogP contribution in [0.3, 0.4) is 0 Å². The average molecular weight is 916 g/mol. The number of carbonyl (C=O) groups is 3. The number of oxime groups is 1. The monoisotopic (exact) mass is 915 g/mol. The number of hydrogen-bond acceptors (Lipinski definition) is 17. The van der Waals surface area contributed by atoms with Gasteiger partial charge in [-0.25, -0.2) is 4.79 Å². The fraction of sp³-hybridized carbons (Fsp3) is 0.612. The summed E-state index contributed by atoms with van der Waals surface area (Å²) in [5.41, 5.74) is 0.369. The number of nitrogens with zero attached hydrogens (tertiary/aromatic N) is 5. The minimum atomic E-state index is -1.48. The highest BCUT2D eigenvalue weighted by Gasteiger charge is 2.59. The molecule has 0 spiro atoms. The molecule has 66 heavy (non-hydrogen) atoms. The predicted molar refractivity (Wildman–Crippen MR) is 242 cm³/mol. The van der Waals surface area contributed by atoms with E-state index in [0.717, 1.165) is 5.52 Å². The number of pyridine rings is 1. The summed E-state index contributed by atoms with van der Waals surface area (Å²) < 4.78 is 44.2. The van der Waals surface area contributed by atoms with Crippen LogP contribution in [0.5, 0.6) is 0 Å². The van der Waals surface area contributed by atoms with Gasteiger partial charge in [-0.2, -0.15) is 0 Å². The van der Waals surface area contributed by atoms with Crippen LogP contribution in [0.1, 0.15) is 85.9 Å². The van der Waals surface area contributed by atoms with Gasteiger partial charge in [0.25, 0.3) is 0 Å². The highest BCUT2D eigenvalue weighted by Crippen LogP contribution is 2.43. The van der Waals surface area contributed by atoms with E-state index in [1.54, 1.807) is 57.7 Å². The Morgan fingerprint density at radius 3 is 2.41 bits per heavy atom. The standard InChI is InChI=1S/C49H65N5O12/c1-12-38-49(8)44(65-47(58)66-49)30(4)40(53-60-23-15-16-33-18-19-35-36(25-33)52-22-21-51-35)28(2)27-48(7,59-11)43(64-46-41(56)37(54(9)10)24-29(3)61-46)31(5)42(32(6)45(57)62-38)63-39(55)26-34-17-13-14-20-50-34/h13-14,17-22,25,28-32,37-38,41-44,46,56H,12,23-24,26-27H2,1-11H3/b53-40+/t28-,29-,30+,31+,32-,37+,38-,41-,42+,43-,44-,46+,48-,49-/m1/s1.